The second kappa shape index (κ2) is 12.2. The van der Waals surface area contributed by atoms with E-state index in [1.54, 1.807) is 21.3 Å². The Kier molecular flexibility index (Phi) is 8.77. The molecule has 1 aliphatic heterocycles. The Balaban J connectivity index is 1.61. The lowest BCUT2D eigenvalue weighted by atomic mass is 10.0. The number of piperazine rings is 1. The number of para-hydroxylation sites is 1. The topological polar surface area (TPSA) is 77.8 Å². The summed E-state index contributed by atoms with van der Waals surface area (Å²) in [6, 6.07) is 14.0. The number of ether oxygens (including phenoxy) is 3. The third-order valence-corrected chi connectivity index (χ3v) is 6.81. The van der Waals surface area contributed by atoms with Gasteiger partial charge in [0.1, 0.15) is 23.3 Å². The van der Waals surface area contributed by atoms with Gasteiger partial charge in [0.15, 0.2) is 5.82 Å². The monoisotopic (exact) mass is 494 g/mol. The molecule has 0 spiro atoms. The Labute approximate surface area is 213 Å². The molecule has 0 saturated carbocycles. The van der Waals surface area contributed by atoms with Crippen LogP contribution in [0.5, 0.6) is 17.2 Å². The van der Waals surface area contributed by atoms with Gasteiger partial charge in [0.05, 0.1) is 21.3 Å². The van der Waals surface area contributed by atoms with Crippen LogP contribution in [0.4, 0.5) is 0 Å². The molecule has 1 aromatic heterocycles. The molecule has 3 aromatic rings. The highest BCUT2D eigenvalue weighted by Crippen LogP contribution is 2.37. The molecule has 9 heteroatoms. The number of aromatic nitrogens is 4. The molecule has 0 bridgehead atoms. The molecule has 4 rings (SSSR count). The van der Waals surface area contributed by atoms with E-state index in [0.717, 1.165) is 74.3 Å². The Morgan fingerprint density at radius 1 is 0.889 bits per heavy atom. The summed E-state index contributed by atoms with van der Waals surface area (Å²) in [7, 11) is 5.12. The summed E-state index contributed by atoms with van der Waals surface area (Å²) in [6.07, 6.45) is 1.01. The minimum atomic E-state index is -0.148. The molecule has 36 heavy (non-hydrogen) atoms. The van der Waals surface area contributed by atoms with Gasteiger partial charge in [0, 0.05) is 50.4 Å². The van der Waals surface area contributed by atoms with Gasteiger partial charge in [-0.25, -0.2) is 4.68 Å². The predicted octanol–water partition coefficient (Wildman–Crippen LogP) is 3.65. The molecule has 0 amide bonds. The maximum absolute atomic E-state index is 5.79. The standard InChI is InChI=1S/C27H38N6O3/c1-20(2)12-13-33-27(28-29-30-33)26(23-18-22(34-3)10-11-25(23)36-5)32-16-14-31(15-17-32)19-21-8-6-7-9-24(21)35-4/h6-11,18,20,26H,12-17,19H2,1-5H3/t26-/m1/s1. The summed E-state index contributed by atoms with van der Waals surface area (Å²) in [5.41, 5.74) is 2.22. The van der Waals surface area contributed by atoms with Gasteiger partial charge in [-0.1, -0.05) is 32.0 Å². The van der Waals surface area contributed by atoms with Crippen LogP contribution in [0, 0.1) is 5.92 Å². The van der Waals surface area contributed by atoms with Crippen molar-refractivity contribution >= 4 is 0 Å². The van der Waals surface area contributed by atoms with Crippen LogP contribution < -0.4 is 14.2 Å². The minimum absolute atomic E-state index is 0.148. The van der Waals surface area contributed by atoms with Gasteiger partial charge in [-0.05, 0) is 47.0 Å². The van der Waals surface area contributed by atoms with Gasteiger partial charge >= 0.3 is 0 Å². The van der Waals surface area contributed by atoms with Gasteiger partial charge in [-0.3, -0.25) is 9.80 Å². The van der Waals surface area contributed by atoms with Crippen molar-refractivity contribution in [2.24, 2.45) is 5.92 Å². The zero-order valence-electron chi connectivity index (χ0n) is 22.1. The molecule has 1 atom stereocenters. The molecule has 2 heterocycles. The lowest BCUT2D eigenvalue weighted by Crippen LogP contribution is -2.48. The molecule has 0 N–H and O–H groups in total. The second-order valence-corrected chi connectivity index (χ2v) is 9.58. The van der Waals surface area contributed by atoms with Gasteiger partial charge in [0.2, 0.25) is 0 Å². The van der Waals surface area contributed by atoms with E-state index >= 15 is 0 Å². The summed E-state index contributed by atoms with van der Waals surface area (Å²) in [4.78, 5) is 4.92. The molecule has 0 radical (unpaired) electrons. The molecule has 194 valence electrons. The fraction of sp³-hybridized carbons (Fsp3) is 0.519. The average molecular weight is 495 g/mol. The molecule has 9 nitrogen and oxygen atoms in total. The third kappa shape index (κ3) is 5.96. The molecular formula is C27H38N6O3. The van der Waals surface area contributed by atoms with E-state index < -0.39 is 0 Å². The Morgan fingerprint density at radius 3 is 2.33 bits per heavy atom. The van der Waals surface area contributed by atoms with Gasteiger partial charge in [-0.2, -0.15) is 0 Å². The first-order valence-corrected chi connectivity index (χ1v) is 12.6. The van der Waals surface area contributed by atoms with Crippen LogP contribution in [-0.2, 0) is 13.1 Å². The van der Waals surface area contributed by atoms with E-state index in [1.807, 2.05) is 35.0 Å². The van der Waals surface area contributed by atoms with Crippen molar-refractivity contribution < 1.29 is 14.2 Å². The number of benzene rings is 2. The first-order valence-electron chi connectivity index (χ1n) is 12.6. The van der Waals surface area contributed by atoms with Crippen molar-refractivity contribution in [1.29, 1.82) is 0 Å². The first kappa shape index (κ1) is 25.9. The number of methoxy groups -OCH3 is 3. The zero-order valence-corrected chi connectivity index (χ0v) is 22.1. The van der Waals surface area contributed by atoms with Crippen LogP contribution in [0.25, 0.3) is 0 Å². The van der Waals surface area contributed by atoms with E-state index in [4.69, 9.17) is 14.2 Å². The van der Waals surface area contributed by atoms with Crippen LogP contribution in [0.3, 0.4) is 0 Å². The van der Waals surface area contributed by atoms with Crippen LogP contribution in [0.1, 0.15) is 43.3 Å². The maximum Gasteiger partial charge on any atom is 0.173 e. The van der Waals surface area contributed by atoms with Crippen molar-refractivity contribution in [3.05, 3.63) is 59.4 Å². The molecule has 1 aliphatic rings. The Hall–Kier alpha value is -3.17. The third-order valence-electron chi connectivity index (χ3n) is 6.81. The average Bonchev–Trinajstić information content (AvgIpc) is 3.37. The zero-order chi connectivity index (χ0) is 25.5. The summed E-state index contributed by atoms with van der Waals surface area (Å²) < 4.78 is 18.9. The Bertz CT molecular complexity index is 1110. The highest BCUT2D eigenvalue weighted by Gasteiger charge is 2.33. The van der Waals surface area contributed by atoms with Crippen molar-refractivity contribution in [3.63, 3.8) is 0 Å². The molecule has 2 aromatic carbocycles. The SMILES string of the molecule is COc1ccc(OC)c([C@H](c2nnnn2CCC(C)C)N2CCN(Cc3ccccc3OC)CC2)c1. The van der Waals surface area contributed by atoms with Crippen molar-refractivity contribution in [3.8, 4) is 17.2 Å². The number of hydrogen-bond acceptors (Lipinski definition) is 8. The first-order chi connectivity index (χ1) is 17.5. The Morgan fingerprint density at radius 2 is 1.64 bits per heavy atom. The highest BCUT2D eigenvalue weighted by atomic mass is 16.5. The van der Waals surface area contributed by atoms with Crippen LogP contribution in [-0.4, -0.2) is 77.5 Å². The fourth-order valence-electron chi connectivity index (χ4n) is 4.75. The predicted molar refractivity (Wildman–Crippen MR) is 139 cm³/mol. The van der Waals surface area contributed by atoms with Crippen molar-refractivity contribution in [2.45, 2.75) is 39.4 Å². The van der Waals surface area contributed by atoms with Gasteiger partial charge in [0.25, 0.3) is 0 Å². The summed E-state index contributed by atoms with van der Waals surface area (Å²) in [5.74, 6) is 3.91. The molecule has 1 saturated heterocycles. The molecular weight excluding hydrogens is 456 g/mol. The summed E-state index contributed by atoms with van der Waals surface area (Å²) >= 11 is 0. The fourth-order valence-corrected chi connectivity index (χ4v) is 4.75. The summed E-state index contributed by atoms with van der Waals surface area (Å²) in [5, 5.41) is 12.9. The number of hydrogen-bond donors (Lipinski definition) is 0. The normalized spacial score (nSPS) is 15.7. The van der Waals surface area contributed by atoms with E-state index in [9.17, 15) is 0 Å². The van der Waals surface area contributed by atoms with Gasteiger partial charge < -0.3 is 14.2 Å². The van der Waals surface area contributed by atoms with Crippen molar-refractivity contribution in [2.75, 3.05) is 47.5 Å². The van der Waals surface area contributed by atoms with Crippen LogP contribution >= 0.6 is 0 Å². The number of nitrogens with zero attached hydrogens (tertiary/aromatic N) is 6. The molecule has 1 fully saturated rings. The van der Waals surface area contributed by atoms with Crippen LogP contribution in [0.2, 0.25) is 0 Å². The van der Waals surface area contributed by atoms with Crippen molar-refractivity contribution in [1.82, 2.24) is 30.0 Å². The highest BCUT2D eigenvalue weighted by molar-refractivity contribution is 5.44. The lowest BCUT2D eigenvalue weighted by molar-refractivity contribution is 0.0983. The largest absolute Gasteiger partial charge is 0.497 e. The van der Waals surface area contributed by atoms with Gasteiger partial charge in [-0.15, -0.1) is 5.10 Å². The smallest absolute Gasteiger partial charge is 0.173 e. The number of aryl methyl sites for hydroxylation is 1. The second-order valence-electron chi connectivity index (χ2n) is 9.58. The quantitative estimate of drug-likeness (QED) is 0.400. The summed E-state index contributed by atoms with van der Waals surface area (Å²) in [6.45, 7) is 9.66. The number of tetrazole rings is 1. The molecule has 0 aliphatic carbocycles. The van der Waals surface area contributed by atoms with Crippen LogP contribution in [0.15, 0.2) is 42.5 Å². The number of rotatable bonds is 11. The van der Waals surface area contributed by atoms with E-state index in [2.05, 4.69) is 51.3 Å². The maximum atomic E-state index is 5.79. The lowest BCUT2D eigenvalue weighted by Gasteiger charge is -2.39. The molecule has 0 unspecified atom stereocenters. The van der Waals surface area contributed by atoms with E-state index in [1.165, 1.54) is 5.56 Å². The van der Waals surface area contributed by atoms with E-state index in [-0.39, 0.29) is 6.04 Å². The van der Waals surface area contributed by atoms with E-state index in [0.29, 0.717) is 5.92 Å². The minimum Gasteiger partial charge on any atom is -0.497 e.